The van der Waals surface area contributed by atoms with Crippen LogP contribution in [0, 0.1) is 10.8 Å². The second-order valence-electron chi connectivity index (χ2n) is 6.01. The average molecular weight is 270 g/mol. The summed E-state index contributed by atoms with van der Waals surface area (Å²) in [6.45, 7) is 11.2. The molecule has 0 bridgehead atoms. The van der Waals surface area contributed by atoms with Crippen LogP contribution in [0.4, 0.5) is 5.69 Å². The lowest BCUT2D eigenvalue weighted by Gasteiger charge is -2.10. The first kappa shape index (κ1) is 13.4. The summed E-state index contributed by atoms with van der Waals surface area (Å²) in [5, 5.41) is 7.67. The molecule has 0 aromatic carbocycles. The Labute approximate surface area is 112 Å². The van der Waals surface area contributed by atoms with E-state index in [1.54, 1.807) is 6.20 Å². The number of hydrogen-bond acceptors (Lipinski definition) is 3. The van der Waals surface area contributed by atoms with Crippen LogP contribution < -0.4 is 10.9 Å². The molecule has 100 valence electrons. The summed E-state index contributed by atoms with van der Waals surface area (Å²) < 4.78 is 1.36. The van der Waals surface area contributed by atoms with E-state index in [1.807, 2.05) is 6.92 Å². The first-order valence-electron chi connectivity index (χ1n) is 6.25. The molecule has 18 heavy (non-hydrogen) atoms. The summed E-state index contributed by atoms with van der Waals surface area (Å²) in [5.74, 6) is 0. The van der Waals surface area contributed by atoms with Crippen molar-refractivity contribution in [1.82, 2.24) is 9.78 Å². The maximum atomic E-state index is 11.9. The Morgan fingerprint density at radius 1 is 1.39 bits per heavy atom. The van der Waals surface area contributed by atoms with E-state index in [1.165, 1.54) is 4.68 Å². The fourth-order valence-corrected chi connectivity index (χ4v) is 2.70. The van der Waals surface area contributed by atoms with Crippen LogP contribution in [0.2, 0.25) is 5.02 Å². The van der Waals surface area contributed by atoms with Gasteiger partial charge in [0.05, 0.1) is 11.9 Å². The summed E-state index contributed by atoms with van der Waals surface area (Å²) in [6, 6.07) is 0.307. The Morgan fingerprint density at radius 2 is 1.94 bits per heavy atom. The van der Waals surface area contributed by atoms with Gasteiger partial charge in [0.15, 0.2) is 0 Å². The molecule has 4 nitrogen and oxygen atoms in total. The van der Waals surface area contributed by atoms with Crippen molar-refractivity contribution in [3.8, 4) is 0 Å². The monoisotopic (exact) mass is 269 g/mol. The van der Waals surface area contributed by atoms with Gasteiger partial charge < -0.3 is 5.32 Å². The smallest absolute Gasteiger partial charge is 0.287 e. The number of nitrogens with zero attached hydrogens (tertiary/aromatic N) is 2. The van der Waals surface area contributed by atoms with E-state index < -0.39 is 0 Å². The molecule has 0 amide bonds. The molecular weight excluding hydrogens is 250 g/mol. The Kier molecular flexibility index (Phi) is 2.97. The zero-order valence-electron chi connectivity index (χ0n) is 11.5. The molecule has 1 N–H and O–H groups in total. The lowest BCUT2D eigenvalue weighted by Crippen LogP contribution is -2.24. The molecule has 0 radical (unpaired) electrons. The molecule has 5 heteroatoms. The van der Waals surface area contributed by atoms with Crippen LogP contribution in [0.1, 0.15) is 34.6 Å². The van der Waals surface area contributed by atoms with Crippen LogP contribution in [0.15, 0.2) is 11.0 Å². The highest BCUT2D eigenvalue weighted by atomic mass is 35.5. The fourth-order valence-electron chi connectivity index (χ4n) is 2.50. The number of nitrogens with one attached hydrogen (secondary N) is 1. The van der Waals surface area contributed by atoms with Crippen molar-refractivity contribution in [1.29, 1.82) is 0 Å². The fraction of sp³-hybridized carbons (Fsp3) is 0.692. The van der Waals surface area contributed by atoms with E-state index in [9.17, 15) is 4.79 Å². The molecule has 0 saturated heterocycles. The van der Waals surface area contributed by atoms with Gasteiger partial charge in [0.1, 0.15) is 5.02 Å². The predicted molar refractivity (Wildman–Crippen MR) is 74.2 cm³/mol. The maximum absolute atomic E-state index is 11.9. The third-order valence-electron chi connectivity index (χ3n) is 4.60. The second-order valence-corrected chi connectivity index (χ2v) is 6.39. The van der Waals surface area contributed by atoms with E-state index >= 15 is 0 Å². The third-order valence-corrected chi connectivity index (χ3v) is 4.97. The highest BCUT2D eigenvalue weighted by Crippen LogP contribution is 2.63. The number of hydrogen-bond donors (Lipinski definition) is 1. The summed E-state index contributed by atoms with van der Waals surface area (Å²) >= 11 is 6.10. The van der Waals surface area contributed by atoms with Crippen molar-refractivity contribution in [3.63, 3.8) is 0 Å². The molecule has 1 aliphatic carbocycles. The van der Waals surface area contributed by atoms with Crippen LogP contribution in [0.25, 0.3) is 0 Å². The first-order valence-corrected chi connectivity index (χ1v) is 6.63. The van der Waals surface area contributed by atoms with E-state index in [0.717, 1.165) is 0 Å². The van der Waals surface area contributed by atoms with E-state index in [2.05, 4.69) is 38.1 Å². The van der Waals surface area contributed by atoms with Gasteiger partial charge in [-0.15, -0.1) is 0 Å². The van der Waals surface area contributed by atoms with Gasteiger partial charge in [-0.05, 0) is 17.8 Å². The molecular formula is C13H20ClN3O. The van der Waals surface area contributed by atoms with Gasteiger partial charge in [0, 0.05) is 12.6 Å². The van der Waals surface area contributed by atoms with Crippen LogP contribution in [-0.4, -0.2) is 15.8 Å². The summed E-state index contributed by atoms with van der Waals surface area (Å²) in [5.41, 5.74) is 0.779. The highest BCUT2D eigenvalue weighted by molar-refractivity contribution is 6.32. The molecule has 1 fully saturated rings. The van der Waals surface area contributed by atoms with Crippen LogP contribution in [0.3, 0.4) is 0 Å². The number of anilines is 1. The van der Waals surface area contributed by atoms with Crippen LogP contribution in [-0.2, 0) is 6.54 Å². The quantitative estimate of drug-likeness (QED) is 0.918. The molecule has 1 aromatic heterocycles. The third kappa shape index (κ3) is 1.74. The predicted octanol–water partition coefficient (Wildman–Crippen LogP) is 2.76. The molecule has 1 heterocycles. The molecule has 2 rings (SSSR count). The molecule has 1 aromatic rings. The average Bonchev–Trinajstić information content (AvgIpc) is 2.67. The lowest BCUT2D eigenvalue weighted by atomic mass is 10.0. The number of aryl methyl sites for hydroxylation is 1. The summed E-state index contributed by atoms with van der Waals surface area (Å²) in [4.78, 5) is 11.9. The SMILES string of the molecule is CCn1ncc(NC2C(C)(C)C2(C)C)c(Cl)c1=O. The highest BCUT2D eigenvalue weighted by Gasteiger charge is 2.65. The van der Waals surface area contributed by atoms with E-state index in [-0.39, 0.29) is 21.4 Å². The van der Waals surface area contributed by atoms with Gasteiger partial charge >= 0.3 is 0 Å². The van der Waals surface area contributed by atoms with Crippen LogP contribution in [0.5, 0.6) is 0 Å². The van der Waals surface area contributed by atoms with Crippen molar-refractivity contribution in [2.24, 2.45) is 10.8 Å². The van der Waals surface area contributed by atoms with Gasteiger partial charge in [-0.3, -0.25) is 4.79 Å². The topological polar surface area (TPSA) is 46.9 Å². The maximum Gasteiger partial charge on any atom is 0.287 e. The van der Waals surface area contributed by atoms with Gasteiger partial charge in [-0.25, -0.2) is 4.68 Å². The Morgan fingerprint density at radius 3 is 2.39 bits per heavy atom. The molecule has 1 saturated carbocycles. The number of aromatic nitrogens is 2. The largest absolute Gasteiger partial charge is 0.379 e. The van der Waals surface area contributed by atoms with Gasteiger partial charge in [0.25, 0.3) is 5.56 Å². The Balaban J connectivity index is 2.28. The summed E-state index contributed by atoms with van der Waals surface area (Å²) in [7, 11) is 0. The first-order chi connectivity index (χ1) is 8.23. The molecule has 0 aliphatic heterocycles. The standard InChI is InChI=1S/C13H20ClN3O/c1-6-17-10(18)9(14)8(7-15-17)16-11-12(2,3)13(11,4)5/h7,11,16H,6H2,1-5H3. The molecule has 0 unspecified atom stereocenters. The van der Waals surface area contributed by atoms with Gasteiger partial charge in [-0.2, -0.15) is 5.10 Å². The van der Waals surface area contributed by atoms with Crippen molar-refractivity contribution >= 4 is 17.3 Å². The van der Waals surface area contributed by atoms with Gasteiger partial charge in [0.2, 0.25) is 0 Å². The zero-order valence-corrected chi connectivity index (χ0v) is 12.3. The Hall–Kier alpha value is -1.03. The number of halogens is 1. The number of rotatable bonds is 3. The molecule has 0 spiro atoms. The van der Waals surface area contributed by atoms with Crippen molar-refractivity contribution in [3.05, 3.63) is 21.6 Å². The second kappa shape index (κ2) is 3.98. The van der Waals surface area contributed by atoms with Gasteiger partial charge in [-0.1, -0.05) is 39.3 Å². The van der Waals surface area contributed by atoms with Crippen molar-refractivity contribution in [2.75, 3.05) is 5.32 Å². The molecule has 0 atom stereocenters. The minimum absolute atomic E-state index is 0.190. The van der Waals surface area contributed by atoms with Crippen molar-refractivity contribution < 1.29 is 0 Å². The van der Waals surface area contributed by atoms with E-state index in [0.29, 0.717) is 18.3 Å². The van der Waals surface area contributed by atoms with Crippen molar-refractivity contribution in [2.45, 2.75) is 47.2 Å². The minimum Gasteiger partial charge on any atom is -0.379 e. The zero-order chi connectivity index (χ0) is 13.7. The van der Waals surface area contributed by atoms with Crippen LogP contribution >= 0.6 is 11.6 Å². The summed E-state index contributed by atoms with van der Waals surface area (Å²) in [6.07, 6.45) is 1.64. The minimum atomic E-state index is -0.236. The lowest BCUT2D eigenvalue weighted by molar-refractivity contribution is 0.457. The Bertz CT molecular complexity index is 520. The normalized spacial score (nSPS) is 20.8. The molecule has 1 aliphatic rings. The van der Waals surface area contributed by atoms with E-state index in [4.69, 9.17) is 11.6 Å².